The Bertz CT molecular complexity index is 436. The number of hydrogen-bond donors (Lipinski definition) is 3. The average Bonchev–Trinajstić information content (AvgIpc) is 2.53. The third-order valence-corrected chi connectivity index (χ3v) is 4.47. The van der Waals surface area contributed by atoms with Gasteiger partial charge >= 0.3 is 0 Å². The molecule has 0 aliphatic heterocycles. The zero-order valence-electron chi connectivity index (χ0n) is 12.5. The lowest BCUT2D eigenvalue weighted by molar-refractivity contribution is -0.122. The molecule has 3 atom stereocenters. The van der Waals surface area contributed by atoms with E-state index in [9.17, 15) is 9.90 Å². The molecule has 1 aromatic rings. The number of carbonyl (C=O) groups excluding carboxylic acids is 1. The summed E-state index contributed by atoms with van der Waals surface area (Å²) in [7, 11) is 0. The fourth-order valence-corrected chi connectivity index (χ4v) is 3.12. The minimum atomic E-state index is -0.511. The maximum atomic E-state index is 12.1. The van der Waals surface area contributed by atoms with Crippen LogP contribution in [0.2, 0.25) is 0 Å². The third kappa shape index (κ3) is 4.83. The monoisotopic (exact) mass is 290 g/mol. The Morgan fingerprint density at radius 2 is 1.90 bits per heavy atom. The summed E-state index contributed by atoms with van der Waals surface area (Å²) in [4.78, 5) is 12.1. The first kappa shape index (κ1) is 16.0. The number of rotatable bonds is 6. The highest BCUT2D eigenvalue weighted by Gasteiger charge is 2.25. The van der Waals surface area contributed by atoms with E-state index in [2.05, 4.69) is 5.32 Å². The first-order valence-electron chi connectivity index (χ1n) is 7.88. The Morgan fingerprint density at radius 3 is 2.57 bits per heavy atom. The zero-order valence-corrected chi connectivity index (χ0v) is 12.5. The number of aliphatic hydroxyl groups excluding tert-OH is 1. The van der Waals surface area contributed by atoms with Crippen LogP contribution in [0.15, 0.2) is 30.3 Å². The molecule has 1 aliphatic rings. The van der Waals surface area contributed by atoms with Gasteiger partial charge in [0.15, 0.2) is 0 Å². The van der Waals surface area contributed by atoms with E-state index in [0.29, 0.717) is 24.8 Å². The van der Waals surface area contributed by atoms with E-state index >= 15 is 0 Å². The molecule has 116 valence electrons. The number of hydrogen-bond acceptors (Lipinski definition) is 3. The van der Waals surface area contributed by atoms with Gasteiger partial charge in [-0.05, 0) is 36.7 Å². The summed E-state index contributed by atoms with van der Waals surface area (Å²) >= 11 is 0. The number of nitrogens with two attached hydrogens (primary N) is 1. The van der Waals surface area contributed by atoms with Gasteiger partial charge in [-0.3, -0.25) is 4.79 Å². The zero-order chi connectivity index (χ0) is 15.1. The Morgan fingerprint density at radius 1 is 1.24 bits per heavy atom. The molecule has 2 rings (SSSR count). The molecular weight excluding hydrogens is 264 g/mol. The number of benzene rings is 1. The van der Waals surface area contributed by atoms with E-state index in [1.165, 1.54) is 12.8 Å². The summed E-state index contributed by atoms with van der Waals surface area (Å²) in [6.45, 7) is 0.850. The van der Waals surface area contributed by atoms with Gasteiger partial charge in [0.05, 0.1) is 6.04 Å². The Kier molecular flexibility index (Phi) is 6.21. The van der Waals surface area contributed by atoms with Gasteiger partial charge in [-0.2, -0.15) is 0 Å². The van der Waals surface area contributed by atoms with Crippen molar-refractivity contribution in [2.45, 2.75) is 38.1 Å². The highest BCUT2D eigenvalue weighted by Crippen LogP contribution is 2.29. The molecule has 0 radical (unpaired) electrons. The first-order valence-corrected chi connectivity index (χ1v) is 7.88. The molecule has 1 amide bonds. The van der Waals surface area contributed by atoms with E-state index in [4.69, 9.17) is 5.73 Å². The van der Waals surface area contributed by atoms with E-state index in [1.54, 1.807) is 0 Å². The molecule has 1 fully saturated rings. The molecule has 0 aromatic heterocycles. The predicted octanol–water partition coefficient (Wildman–Crippen LogP) is 1.47. The number of carbonyl (C=O) groups is 1. The van der Waals surface area contributed by atoms with Gasteiger partial charge in [0.1, 0.15) is 0 Å². The topological polar surface area (TPSA) is 75.4 Å². The van der Waals surface area contributed by atoms with Crippen molar-refractivity contribution in [2.24, 2.45) is 17.6 Å². The largest absolute Gasteiger partial charge is 0.396 e. The van der Waals surface area contributed by atoms with Gasteiger partial charge in [0, 0.05) is 13.2 Å². The number of aliphatic hydroxyl groups is 1. The normalized spacial score (nSPS) is 23.5. The molecule has 0 saturated heterocycles. The highest BCUT2D eigenvalue weighted by molar-refractivity contribution is 5.81. The van der Waals surface area contributed by atoms with E-state index in [-0.39, 0.29) is 12.5 Å². The lowest BCUT2D eigenvalue weighted by Gasteiger charge is -2.30. The van der Waals surface area contributed by atoms with Crippen molar-refractivity contribution in [1.82, 2.24) is 5.32 Å². The number of nitrogens with one attached hydrogen (secondary N) is 1. The summed E-state index contributed by atoms with van der Waals surface area (Å²) in [6, 6.07) is 9.31. The Labute approximate surface area is 126 Å². The molecule has 2 unspecified atom stereocenters. The summed E-state index contributed by atoms with van der Waals surface area (Å²) in [5.41, 5.74) is 7.05. The fraction of sp³-hybridized carbons (Fsp3) is 0.588. The van der Waals surface area contributed by atoms with Crippen LogP contribution in [0.4, 0.5) is 0 Å². The van der Waals surface area contributed by atoms with Crippen molar-refractivity contribution in [3.05, 3.63) is 35.9 Å². The molecule has 4 nitrogen and oxygen atoms in total. The summed E-state index contributed by atoms with van der Waals surface area (Å²) in [5.74, 6) is 0.613. The van der Waals surface area contributed by atoms with Gasteiger partial charge in [-0.1, -0.05) is 43.2 Å². The van der Waals surface area contributed by atoms with E-state index in [0.717, 1.165) is 18.4 Å². The summed E-state index contributed by atoms with van der Waals surface area (Å²) in [5, 5.41) is 12.4. The maximum Gasteiger partial charge on any atom is 0.237 e. The van der Waals surface area contributed by atoms with Crippen LogP contribution in [-0.2, 0) is 11.2 Å². The van der Waals surface area contributed by atoms with Crippen LogP contribution in [0.3, 0.4) is 0 Å². The van der Waals surface area contributed by atoms with Gasteiger partial charge < -0.3 is 16.2 Å². The van der Waals surface area contributed by atoms with Crippen LogP contribution in [0.5, 0.6) is 0 Å². The standard InChI is InChI=1S/C17H26N2O2/c18-16(10-13-6-2-1-3-7-13)17(21)19-11-14-8-4-5-9-15(14)12-20/h1-3,6-7,14-16,20H,4-5,8-12,18H2,(H,19,21)/t14?,15?,16-/m0/s1. The van der Waals surface area contributed by atoms with E-state index in [1.807, 2.05) is 30.3 Å². The van der Waals surface area contributed by atoms with Crippen LogP contribution in [0.25, 0.3) is 0 Å². The highest BCUT2D eigenvalue weighted by atomic mass is 16.3. The molecule has 4 N–H and O–H groups in total. The van der Waals surface area contributed by atoms with Gasteiger partial charge in [-0.15, -0.1) is 0 Å². The van der Waals surface area contributed by atoms with Crippen LogP contribution in [0, 0.1) is 11.8 Å². The second kappa shape index (κ2) is 8.15. The molecule has 4 heteroatoms. The van der Waals surface area contributed by atoms with Gasteiger partial charge in [0.25, 0.3) is 0 Å². The lowest BCUT2D eigenvalue weighted by Crippen LogP contribution is -2.45. The SMILES string of the molecule is N[C@@H](Cc1ccccc1)C(=O)NCC1CCCCC1CO. The van der Waals surface area contributed by atoms with Crippen LogP contribution >= 0.6 is 0 Å². The van der Waals surface area contributed by atoms with Crippen LogP contribution < -0.4 is 11.1 Å². The van der Waals surface area contributed by atoms with Crippen molar-refractivity contribution in [3.8, 4) is 0 Å². The fourth-order valence-electron chi connectivity index (χ4n) is 3.12. The summed E-state index contributed by atoms with van der Waals surface area (Å²) < 4.78 is 0. The number of amides is 1. The minimum absolute atomic E-state index is 0.0962. The quantitative estimate of drug-likeness (QED) is 0.742. The molecule has 0 spiro atoms. The smallest absolute Gasteiger partial charge is 0.237 e. The Balaban J connectivity index is 1.78. The second-order valence-corrected chi connectivity index (χ2v) is 6.03. The van der Waals surface area contributed by atoms with Crippen molar-refractivity contribution >= 4 is 5.91 Å². The molecular formula is C17H26N2O2. The van der Waals surface area contributed by atoms with Crippen molar-refractivity contribution in [2.75, 3.05) is 13.2 Å². The first-order chi connectivity index (χ1) is 10.2. The van der Waals surface area contributed by atoms with Crippen molar-refractivity contribution in [3.63, 3.8) is 0 Å². The van der Waals surface area contributed by atoms with Crippen LogP contribution in [-0.4, -0.2) is 30.2 Å². The Hall–Kier alpha value is -1.39. The van der Waals surface area contributed by atoms with E-state index < -0.39 is 6.04 Å². The van der Waals surface area contributed by atoms with Gasteiger partial charge in [-0.25, -0.2) is 0 Å². The molecule has 1 aliphatic carbocycles. The molecule has 1 saturated carbocycles. The minimum Gasteiger partial charge on any atom is -0.396 e. The lowest BCUT2D eigenvalue weighted by atomic mass is 9.79. The van der Waals surface area contributed by atoms with Crippen molar-refractivity contribution in [1.29, 1.82) is 0 Å². The molecule has 0 heterocycles. The molecule has 1 aromatic carbocycles. The predicted molar refractivity (Wildman–Crippen MR) is 83.7 cm³/mol. The maximum absolute atomic E-state index is 12.1. The summed E-state index contributed by atoms with van der Waals surface area (Å²) in [6.07, 6.45) is 5.07. The van der Waals surface area contributed by atoms with Gasteiger partial charge in [0.2, 0.25) is 5.91 Å². The molecule has 21 heavy (non-hydrogen) atoms. The van der Waals surface area contributed by atoms with Crippen LogP contribution in [0.1, 0.15) is 31.2 Å². The second-order valence-electron chi connectivity index (χ2n) is 6.03. The molecule has 0 bridgehead atoms. The van der Waals surface area contributed by atoms with Crippen molar-refractivity contribution < 1.29 is 9.90 Å². The third-order valence-electron chi connectivity index (χ3n) is 4.47. The average molecular weight is 290 g/mol.